The van der Waals surface area contributed by atoms with E-state index in [2.05, 4.69) is 5.32 Å². The minimum Gasteiger partial charge on any atom is -0.306 e. The highest BCUT2D eigenvalue weighted by Crippen LogP contribution is 2.21. The van der Waals surface area contributed by atoms with Crippen molar-refractivity contribution in [1.82, 2.24) is 0 Å². The second-order valence-electron chi connectivity index (χ2n) is 3.80. The molecule has 0 unspecified atom stereocenters. The van der Waals surface area contributed by atoms with Crippen LogP contribution in [0.25, 0.3) is 0 Å². The number of nitrogens with one attached hydrogen (secondary N) is 1. The van der Waals surface area contributed by atoms with E-state index in [9.17, 15) is 4.79 Å². The summed E-state index contributed by atoms with van der Waals surface area (Å²) >= 11 is 5.99. The average Bonchev–Trinajstić information content (AvgIpc) is 2.41. The van der Waals surface area contributed by atoms with Gasteiger partial charge in [-0.15, -0.1) is 0 Å². The number of hydrogen-bond acceptors (Lipinski definition) is 1. The number of anilines is 2. The van der Waals surface area contributed by atoms with Gasteiger partial charge in [-0.2, -0.15) is 0 Å². The van der Waals surface area contributed by atoms with Crippen molar-refractivity contribution in [1.29, 1.82) is 0 Å². The molecule has 0 saturated carbocycles. The van der Waals surface area contributed by atoms with Crippen molar-refractivity contribution in [2.24, 2.45) is 0 Å². The Morgan fingerprint density at radius 1 is 1.06 bits per heavy atom. The summed E-state index contributed by atoms with van der Waals surface area (Å²) in [7, 11) is 1.71. The molecule has 2 aromatic rings. The number of para-hydroxylation sites is 2. The second-order valence-corrected chi connectivity index (χ2v) is 4.21. The Kier molecular flexibility index (Phi) is 3.85. The molecule has 0 spiro atoms. The van der Waals surface area contributed by atoms with Crippen LogP contribution in [0.1, 0.15) is 0 Å². The van der Waals surface area contributed by atoms with Gasteiger partial charge in [0.05, 0.1) is 10.7 Å². The second kappa shape index (κ2) is 5.56. The highest BCUT2D eigenvalue weighted by atomic mass is 35.5. The van der Waals surface area contributed by atoms with Gasteiger partial charge in [0.25, 0.3) is 0 Å². The molecule has 0 atom stereocenters. The first-order valence-corrected chi connectivity index (χ1v) is 5.90. The van der Waals surface area contributed by atoms with Crippen LogP contribution in [0.4, 0.5) is 16.2 Å². The van der Waals surface area contributed by atoms with Crippen LogP contribution in [0.3, 0.4) is 0 Å². The fourth-order valence-electron chi connectivity index (χ4n) is 1.53. The smallest absolute Gasteiger partial charge is 0.306 e. The zero-order chi connectivity index (χ0) is 13.0. The first kappa shape index (κ1) is 12.5. The maximum absolute atomic E-state index is 12.0. The van der Waals surface area contributed by atoms with Crippen LogP contribution < -0.4 is 10.2 Å². The van der Waals surface area contributed by atoms with E-state index in [0.29, 0.717) is 10.7 Å². The lowest BCUT2D eigenvalue weighted by molar-refractivity contribution is 0.258. The number of carbonyl (C=O) groups is 1. The molecule has 18 heavy (non-hydrogen) atoms. The normalized spacial score (nSPS) is 9.89. The van der Waals surface area contributed by atoms with Gasteiger partial charge in [0.1, 0.15) is 0 Å². The quantitative estimate of drug-likeness (QED) is 0.869. The third kappa shape index (κ3) is 2.81. The number of urea groups is 1. The first-order valence-electron chi connectivity index (χ1n) is 5.53. The molecule has 0 aliphatic carbocycles. The highest BCUT2D eigenvalue weighted by molar-refractivity contribution is 6.33. The number of benzene rings is 2. The lowest BCUT2D eigenvalue weighted by Crippen LogP contribution is -2.31. The molecule has 4 heteroatoms. The molecule has 92 valence electrons. The molecule has 2 aromatic carbocycles. The molecule has 3 nitrogen and oxygen atoms in total. The Bertz CT molecular complexity index is 543. The van der Waals surface area contributed by atoms with Gasteiger partial charge in [0.15, 0.2) is 0 Å². The standard InChI is InChI=1S/C14H13ClN2O/c1-17(11-7-3-2-4-8-11)14(18)16-13-10-6-5-9-12(13)15/h2-10H,1H3,(H,16,18). The molecule has 0 aromatic heterocycles. The van der Waals surface area contributed by atoms with Crippen LogP contribution in [-0.4, -0.2) is 13.1 Å². The SMILES string of the molecule is CN(C(=O)Nc1ccccc1Cl)c1ccccc1. The lowest BCUT2D eigenvalue weighted by Gasteiger charge is -2.18. The van der Waals surface area contributed by atoms with Gasteiger partial charge >= 0.3 is 6.03 Å². The fraction of sp³-hybridized carbons (Fsp3) is 0.0714. The summed E-state index contributed by atoms with van der Waals surface area (Å²) in [5.74, 6) is 0. The molecule has 0 aliphatic heterocycles. The van der Waals surface area contributed by atoms with Gasteiger partial charge in [-0.1, -0.05) is 41.9 Å². The van der Waals surface area contributed by atoms with E-state index >= 15 is 0 Å². The zero-order valence-corrected chi connectivity index (χ0v) is 10.7. The van der Waals surface area contributed by atoms with Crippen molar-refractivity contribution in [3.05, 3.63) is 59.6 Å². The highest BCUT2D eigenvalue weighted by Gasteiger charge is 2.11. The zero-order valence-electron chi connectivity index (χ0n) is 9.93. The Morgan fingerprint density at radius 3 is 2.33 bits per heavy atom. The molecule has 0 bridgehead atoms. The van der Waals surface area contributed by atoms with Crippen molar-refractivity contribution in [3.63, 3.8) is 0 Å². The topological polar surface area (TPSA) is 32.3 Å². The number of amides is 2. The summed E-state index contributed by atoms with van der Waals surface area (Å²) in [5, 5.41) is 3.28. The van der Waals surface area contributed by atoms with Gasteiger partial charge in [0, 0.05) is 12.7 Å². The maximum Gasteiger partial charge on any atom is 0.326 e. The largest absolute Gasteiger partial charge is 0.326 e. The van der Waals surface area contributed by atoms with Gasteiger partial charge < -0.3 is 5.32 Å². The third-order valence-corrected chi connectivity index (χ3v) is 2.89. The van der Waals surface area contributed by atoms with E-state index in [0.717, 1.165) is 5.69 Å². The van der Waals surface area contributed by atoms with Crippen LogP contribution in [0.5, 0.6) is 0 Å². The fourth-order valence-corrected chi connectivity index (χ4v) is 1.71. The summed E-state index contributed by atoms with van der Waals surface area (Å²) in [6, 6.07) is 16.3. The Labute approximate surface area is 111 Å². The summed E-state index contributed by atoms with van der Waals surface area (Å²) in [5.41, 5.74) is 1.43. The van der Waals surface area contributed by atoms with Crippen LogP contribution in [0, 0.1) is 0 Å². The number of hydrogen-bond donors (Lipinski definition) is 1. The Morgan fingerprint density at radius 2 is 1.67 bits per heavy atom. The molecule has 1 N–H and O–H groups in total. The molecule has 0 fully saturated rings. The number of halogens is 1. The number of rotatable bonds is 2. The summed E-state index contributed by atoms with van der Waals surface area (Å²) < 4.78 is 0. The monoisotopic (exact) mass is 260 g/mol. The Balaban J connectivity index is 2.12. The average molecular weight is 261 g/mol. The van der Waals surface area contributed by atoms with Crippen LogP contribution in [0.15, 0.2) is 54.6 Å². The minimum atomic E-state index is -0.228. The summed E-state index contributed by atoms with van der Waals surface area (Å²) in [6.07, 6.45) is 0. The predicted octanol–water partition coefficient (Wildman–Crippen LogP) is 4.01. The minimum absolute atomic E-state index is 0.228. The van der Waals surface area contributed by atoms with Crippen molar-refractivity contribution >= 4 is 29.0 Å². The van der Waals surface area contributed by atoms with E-state index in [4.69, 9.17) is 11.6 Å². The van der Waals surface area contributed by atoms with Crippen LogP contribution >= 0.6 is 11.6 Å². The molecule has 0 heterocycles. The van der Waals surface area contributed by atoms with Crippen molar-refractivity contribution < 1.29 is 4.79 Å². The van der Waals surface area contributed by atoms with E-state index in [1.807, 2.05) is 42.5 Å². The van der Waals surface area contributed by atoms with Gasteiger partial charge in [0.2, 0.25) is 0 Å². The third-order valence-electron chi connectivity index (χ3n) is 2.56. The van der Waals surface area contributed by atoms with Crippen molar-refractivity contribution in [2.45, 2.75) is 0 Å². The first-order chi connectivity index (χ1) is 8.68. The van der Waals surface area contributed by atoms with Crippen molar-refractivity contribution in [3.8, 4) is 0 Å². The summed E-state index contributed by atoms with van der Waals surface area (Å²) in [6.45, 7) is 0. The molecule has 0 radical (unpaired) electrons. The lowest BCUT2D eigenvalue weighted by atomic mass is 10.3. The molecule has 2 amide bonds. The summed E-state index contributed by atoms with van der Waals surface area (Å²) in [4.78, 5) is 13.6. The Hall–Kier alpha value is -2.00. The van der Waals surface area contributed by atoms with E-state index in [1.165, 1.54) is 4.90 Å². The van der Waals surface area contributed by atoms with Gasteiger partial charge in [-0.25, -0.2) is 4.79 Å². The molecule has 2 rings (SSSR count). The number of carbonyl (C=O) groups excluding carboxylic acids is 1. The van der Waals surface area contributed by atoms with Crippen LogP contribution in [0.2, 0.25) is 5.02 Å². The molecule has 0 saturated heterocycles. The van der Waals surface area contributed by atoms with Crippen molar-refractivity contribution in [2.75, 3.05) is 17.3 Å². The van der Waals surface area contributed by atoms with Gasteiger partial charge in [-0.05, 0) is 24.3 Å². The van der Waals surface area contributed by atoms with E-state index < -0.39 is 0 Å². The maximum atomic E-state index is 12.0. The predicted molar refractivity (Wildman–Crippen MR) is 75.3 cm³/mol. The van der Waals surface area contributed by atoms with Gasteiger partial charge in [-0.3, -0.25) is 4.90 Å². The van der Waals surface area contributed by atoms with E-state index in [-0.39, 0.29) is 6.03 Å². The van der Waals surface area contributed by atoms with E-state index in [1.54, 1.807) is 19.2 Å². The number of nitrogens with zero attached hydrogens (tertiary/aromatic N) is 1. The van der Waals surface area contributed by atoms with Crippen LogP contribution in [-0.2, 0) is 0 Å². The molecule has 0 aliphatic rings. The molecular formula is C14H13ClN2O. The molecular weight excluding hydrogens is 248 g/mol.